The lowest BCUT2D eigenvalue weighted by atomic mass is 10.0. The van der Waals surface area contributed by atoms with Gasteiger partial charge in [0.15, 0.2) is 0 Å². The molecule has 0 aliphatic heterocycles. The summed E-state index contributed by atoms with van der Waals surface area (Å²) < 4.78 is 24.3. The van der Waals surface area contributed by atoms with Crippen molar-refractivity contribution >= 4 is 0 Å². The fourth-order valence-electron chi connectivity index (χ4n) is 0.944. The molecule has 0 saturated carbocycles. The van der Waals surface area contributed by atoms with E-state index in [1.54, 1.807) is 6.07 Å². The first kappa shape index (κ1) is 13.0. The molecule has 1 heterocycles. The first-order valence-corrected chi connectivity index (χ1v) is 4.85. The summed E-state index contributed by atoms with van der Waals surface area (Å²) in [5.41, 5.74) is 0.765. The van der Waals surface area contributed by atoms with Gasteiger partial charge in [0.1, 0.15) is 5.69 Å². The summed E-state index contributed by atoms with van der Waals surface area (Å²) in [6, 6.07) is 3.21. The van der Waals surface area contributed by atoms with Gasteiger partial charge in [0, 0.05) is 6.20 Å². The largest absolute Gasteiger partial charge is 0.280 e. The number of hydrogen-bond acceptors (Lipinski definition) is 1. The van der Waals surface area contributed by atoms with Crippen LogP contribution in [0, 0.1) is 0 Å². The van der Waals surface area contributed by atoms with Gasteiger partial charge in [-0.2, -0.15) is 0 Å². The van der Waals surface area contributed by atoms with Gasteiger partial charge in [0.25, 0.3) is 6.43 Å². The van der Waals surface area contributed by atoms with Crippen LogP contribution in [-0.4, -0.2) is 4.98 Å². The molecular weight excluding hydrogens is 184 g/mol. The SMILES string of the molecule is CC.CC(C)c1ccnc(C(F)F)c1. The maximum Gasteiger partial charge on any atom is 0.280 e. The average molecular weight is 201 g/mol. The third-order valence-corrected chi connectivity index (χ3v) is 1.70. The smallest absolute Gasteiger partial charge is 0.255 e. The first-order chi connectivity index (χ1) is 6.61. The zero-order valence-electron chi connectivity index (χ0n) is 9.09. The van der Waals surface area contributed by atoms with Crippen LogP contribution < -0.4 is 0 Å². The lowest BCUT2D eigenvalue weighted by molar-refractivity contribution is 0.146. The van der Waals surface area contributed by atoms with Crippen LogP contribution in [0.5, 0.6) is 0 Å². The molecule has 1 rings (SSSR count). The Morgan fingerprint density at radius 1 is 1.21 bits per heavy atom. The summed E-state index contributed by atoms with van der Waals surface area (Å²) in [5, 5.41) is 0. The molecule has 3 heteroatoms. The molecule has 14 heavy (non-hydrogen) atoms. The molecule has 0 spiro atoms. The van der Waals surface area contributed by atoms with E-state index in [9.17, 15) is 8.78 Å². The third-order valence-electron chi connectivity index (χ3n) is 1.70. The topological polar surface area (TPSA) is 12.9 Å². The van der Waals surface area contributed by atoms with Crippen LogP contribution >= 0.6 is 0 Å². The second-order valence-corrected chi connectivity index (χ2v) is 2.97. The summed E-state index contributed by atoms with van der Waals surface area (Å²) >= 11 is 0. The van der Waals surface area contributed by atoms with Crippen molar-refractivity contribution in [1.29, 1.82) is 0 Å². The molecule has 0 amide bonds. The molecule has 0 aliphatic carbocycles. The second-order valence-electron chi connectivity index (χ2n) is 2.97. The molecule has 80 valence electrons. The van der Waals surface area contributed by atoms with Gasteiger partial charge in [-0.05, 0) is 23.6 Å². The number of rotatable bonds is 2. The van der Waals surface area contributed by atoms with Crippen molar-refractivity contribution in [3.05, 3.63) is 29.6 Å². The van der Waals surface area contributed by atoms with E-state index >= 15 is 0 Å². The Bertz CT molecular complexity index is 236. The molecule has 0 N–H and O–H groups in total. The summed E-state index contributed by atoms with van der Waals surface area (Å²) in [4.78, 5) is 3.57. The molecule has 0 aromatic carbocycles. The lowest BCUT2D eigenvalue weighted by Crippen LogP contribution is -1.93. The zero-order valence-corrected chi connectivity index (χ0v) is 9.09. The highest BCUT2D eigenvalue weighted by molar-refractivity contribution is 5.19. The van der Waals surface area contributed by atoms with E-state index in [2.05, 4.69) is 4.98 Å². The van der Waals surface area contributed by atoms with Gasteiger partial charge in [0.05, 0.1) is 0 Å². The molecule has 0 saturated heterocycles. The van der Waals surface area contributed by atoms with Gasteiger partial charge >= 0.3 is 0 Å². The molecule has 1 aromatic heterocycles. The first-order valence-electron chi connectivity index (χ1n) is 4.85. The summed E-state index contributed by atoms with van der Waals surface area (Å²) in [6.07, 6.45) is -1.04. The van der Waals surface area contributed by atoms with Crippen LogP contribution in [0.25, 0.3) is 0 Å². The van der Waals surface area contributed by atoms with Crippen molar-refractivity contribution in [1.82, 2.24) is 4.98 Å². The van der Waals surface area contributed by atoms with Crippen LogP contribution in [0.15, 0.2) is 18.3 Å². The fourth-order valence-corrected chi connectivity index (χ4v) is 0.944. The van der Waals surface area contributed by atoms with E-state index in [0.29, 0.717) is 0 Å². The highest BCUT2D eigenvalue weighted by atomic mass is 19.3. The van der Waals surface area contributed by atoms with Crippen LogP contribution in [0.4, 0.5) is 8.78 Å². The van der Waals surface area contributed by atoms with Crippen molar-refractivity contribution in [2.24, 2.45) is 0 Å². The normalized spacial score (nSPS) is 10.0. The van der Waals surface area contributed by atoms with E-state index in [1.165, 1.54) is 12.3 Å². The van der Waals surface area contributed by atoms with E-state index < -0.39 is 6.43 Å². The minimum Gasteiger partial charge on any atom is -0.255 e. The van der Waals surface area contributed by atoms with Crippen molar-refractivity contribution in [2.75, 3.05) is 0 Å². The van der Waals surface area contributed by atoms with E-state index in [4.69, 9.17) is 0 Å². The molecule has 1 aromatic rings. The number of halogens is 2. The molecule has 0 radical (unpaired) electrons. The van der Waals surface area contributed by atoms with E-state index in [1.807, 2.05) is 27.7 Å². The Morgan fingerprint density at radius 3 is 2.21 bits per heavy atom. The minimum atomic E-state index is -2.47. The molecule has 0 bridgehead atoms. The maximum atomic E-state index is 12.1. The van der Waals surface area contributed by atoms with Gasteiger partial charge < -0.3 is 0 Å². The minimum absolute atomic E-state index is 0.138. The number of alkyl halides is 2. The Kier molecular flexibility index (Phi) is 6.00. The molecule has 1 nitrogen and oxygen atoms in total. The Labute approximate surface area is 84.2 Å². The Morgan fingerprint density at radius 2 is 1.79 bits per heavy atom. The highest BCUT2D eigenvalue weighted by Gasteiger charge is 2.09. The fraction of sp³-hybridized carbons (Fsp3) is 0.545. The maximum absolute atomic E-state index is 12.1. The molecule has 0 unspecified atom stereocenters. The number of nitrogens with zero attached hydrogens (tertiary/aromatic N) is 1. The molecule has 0 fully saturated rings. The van der Waals surface area contributed by atoms with Crippen molar-refractivity contribution in [3.8, 4) is 0 Å². The second kappa shape index (κ2) is 6.46. The van der Waals surface area contributed by atoms with Crippen LogP contribution in [0.2, 0.25) is 0 Å². The van der Waals surface area contributed by atoms with Gasteiger partial charge in [-0.1, -0.05) is 27.7 Å². The highest BCUT2D eigenvalue weighted by Crippen LogP contribution is 2.20. The zero-order chi connectivity index (χ0) is 11.1. The summed E-state index contributed by atoms with van der Waals surface area (Å²) in [7, 11) is 0. The van der Waals surface area contributed by atoms with Gasteiger partial charge in [-0.25, -0.2) is 8.78 Å². The molecular formula is C11H17F2N. The molecule has 0 aliphatic rings. The predicted molar refractivity (Wildman–Crippen MR) is 54.6 cm³/mol. The number of aromatic nitrogens is 1. The quantitative estimate of drug-likeness (QED) is 0.699. The van der Waals surface area contributed by atoms with Gasteiger partial charge in [0.2, 0.25) is 0 Å². The standard InChI is InChI=1S/C9H11F2N.C2H6/c1-6(2)7-3-4-12-8(5-7)9(10)11;1-2/h3-6,9H,1-2H3;1-2H3. The monoisotopic (exact) mass is 201 g/mol. The predicted octanol–water partition coefficient (Wildman–Crippen LogP) is 4.17. The van der Waals surface area contributed by atoms with Crippen LogP contribution in [0.3, 0.4) is 0 Å². The van der Waals surface area contributed by atoms with Crippen LogP contribution in [-0.2, 0) is 0 Å². The Hall–Kier alpha value is -0.990. The van der Waals surface area contributed by atoms with Crippen LogP contribution in [0.1, 0.15) is 51.3 Å². The number of pyridine rings is 1. The average Bonchev–Trinajstić information content (AvgIpc) is 2.21. The van der Waals surface area contributed by atoms with Crippen molar-refractivity contribution < 1.29 is 8.78 Å². The third kappa shape index (κ3) is 3.81. The lowest BCUT2D eigenvalue weighted by Gasteiger charge is -2.05. The van der Waals surface area contributed by atoms with E-state index in [0.717, 1.165) is 5.56 Å². The van der Waals surface area contributed by atoms with Crippen molar-refractivity contribution in [3.63, 3.8) is 0 Å². The van der Waals surface area contributed by atoms with Gasteiger partial charge in [-0.3, -0.25) is 4.98 Å². The number of hydrogen-bond donors (Lipinski definition) is 0. The molecule has 0 atom stereocenters. The Balaban J connectivity index is 0.000000791. The van der Waals surface area contributed by atoms with Crippen molar-refractivity contribution in [2.45, 2.75) is 40.0 Å². The summed E-state index contributed by atoms with van der Waals surface area (Å²) in [5.74, 6) is 0.269. The summed E-state index contributed by atoms with van der Waals surface area (Å²) in [6.45, 7) is 7.93. The van der Waals surface area contributed by atoms with E-state index in [-0.39, 0.29) is 11.6 Å². The van der Waals surface area contributed by atoms with Gasteiger partial charge in [-0.15, -0.1) is 0 Å².